The third-order valence-corrected chi connectivity index (χ3v) is 6.11. The number of carbonyl (C=O) groups is 2. The average molecular weight is 453 g/mol. The summed E-state index contributed by atoms with van der Waals surface area (Å²) in [6.45, 7) is 1.68. The van der Waals surface area contributed by atoms with Crippen LogP contribution in [0.25, 0.3) is 5.57 Å². The van der Waals surface area contributed by atoms with E-state index in [9.17, 15) is 22.8 Å². The number of carbonyl (C=O) groups excluding carboxylic acids is 2. The van der Waals surface area contributed by atoms with Crippen LogP contribution in [0.15, 0.2) is 88.7 Å². The molecule has 0 fully saturated rings. The van der Waals surface area contributed by atoms with E-state index in [1.165, 1.54) is 23.9 Å². The smallest absolute Gasteiger partial charge is 0.269 e. The second kappa shape index (κ2) is 8.67. The summed E-state index contributed by atoms with van der Waals surface area (Å²) in [5, 5.41) is 0. The molecule has 0 atom stereocenters. The van der Waals surface area contributed by atoms with Gasteiger partial charge in [0.2, 0.25) is 0 Å². The lowest BCUT2D eigenvalue weighted by Crippen LogP contribution is -2.31. The molecule has 0 saturated heterocycles. The fraction of sp³-hybridized carbons (Fsp3) is 0.120. The summed E-state index contributed by atoms with van der Waals surface area (Å²) in [6.07, 6.45) is -4.51. The number of alkyl halides is 3. The number of thioether (sulfide) groups is 1. The van der Waals surface area contributed by atoms with Crippen LogP contribution in [0.3, 0.4) is 0 Å². The number of aryl methyl sites for hydroxylation is 1. The van der Waals surface area contributed by atoms with E-state index in [-0.39, 0.29) is 22.6 Å². The van der Waals surface area contributed by atoms with Crippen LogP contribution in [-0.4, -0.2) is 16.7 Å². The Labute approximate surface area is 187 Å². The molecule has 1 heterocycles. The minimum Gasteiger partial charge on any atom is -0.269 e. The molecule has 0 unspecified atom stereocenters. The molecule has 1 aliphatic rings. The van der Waals surface area contributed by atoms with Crippen molar-refractivity contribution >= 4 is 29.1 Å². The average Bonchev–Trinajstić information content (AvgIpc) is 2.99. The molecule has 2 amide bonds. The van der Waals surface area contributed by atoms with Crippen molar-refractivity contribution in [2.24, 2.45) is 0 Å². The Morgan fingerprint density at radius 2 is 1.53 bits per heavy atom. The SMILES string of the molecule is Cc1ccc(C2=C(Sc3ccccc3)C(=O)N(Cc3cccc(C(F)(F)F)c3)C2=O)cc1. The summed E-state index contributed by atoms with van der Waals surface area (Å²) in [7, 11) is 0. The predicted octanol–water partition coefficient (Wildman–Crippen LogP) is 6.09. The van der Waals surface area contributed by atoms with Crippen molar-refractivity contribution < 1.29 is 22.8 Å². The Hall–Kier alpha value is -3.32. The fourth-order valence-corrected chi connectivity index (χ4v) is 4.44. The van der Waals surface area contributed by atoms with E-state index in [2.05, 4.69) is 0 Å². The molecule has 3 aromatic rings. The molecule has 0 aliphatic carbocycles. The molecule has 1 aliphatic heterocycles. The highest BCUT2D eigenvalue weighted by atomic mass is 32.2. The van der Waals surface area contributed by atoms with Gasteiger partial charge in [0.15, 0.2) is 0 Å². The van der Waals surface area contributed by atoms with Gasteiger partial charge in [-0.2, -0.15) is 13.2 Å². The molecule has 4 rings (SSSR count). The van der Waals surface area contributed by atoms with Gasteiger partial charge in [-0.25, -0.2) is 0 Å². The molecule has 0 radical (unpaired) electrons. The summed E-state index contributed by atoms with van der Waals surface area (Å²) in [5.41, 5.74) is 1.27. The van der Waals surface area contributed by atoms with E-state index in [0.717, 1.165) is 27.5 Å². The molecule has 0 saturated carbocycles. The zero-order valence-electron chi connectivity index (χ0n) is 17.0. The highest BCUT2D eigenvalue weighted by molar-refractivity contribution is 8.04. The van der Waals surface area contributed by atoms with Crippen molar-refractivity contribution in [3.05, 3.63) is 106 Å². The Kier molecular flexibility index (Phi) is 5.93. The van der Waals surface area contributed by atoms with Crippen LogP contribution < -0.4 is 0 Å². The summed E-state index contributed by atoms with van der Waals surface area (Å²) in [5.74, 6) is -1.04. The molecule has 0 aromatic heterocycles. The van der Waals surface area contributed by atoms with Crippen molar-refractivity contribution in [2.75, 3.05) is 0 Å². The van der Waals surface area contributed by atoms with Gasteiger partial charge in [-0.15, -0.1) is 0 Å². The summed E-state index contributed by atoms with van der Waals surface area (Å²) in [4.78, 5) is 28.6. The number of nitrogens with zero attached hydrogens (tertiary/aromatic N) is 1. The maximum atomic E-state index is 13.3. The minimum absolute atomic E-state index is 0.232. The molecule has 0 bridgehead atoms. The number of imide groups is 1. The van der Waals surface area contributed by atoms with Crippen LogP contribution >= 0.6 is 11.8 Å². The molecular formula is C25H18F3NO2S. The van der Waals surface area contributed by atoms with Gasteiger partial charge in [-0.3, -0.25) is 14.5 Å². The molecule has 0 N–H and O–H groups in total. The first-order valence-corrected chi connectivity index (χ1v) is 10.6. The van der Waals surface area contributed by atoms with Gasteiger partial charge in [-0.1, -0.05) is 71.9 Å². The lowest BCUT2D eigenvalue weighted by atomic mass is 10.0. The lowest BCUT2D eigenvalue weighted by Gasteiger charge is -2.16. The first kappa shape index (κ1) is 21.9. The highest BCUT2D eigenvalue weighted by Gasteiger charge is 2.39. The standard InChI is InChI=1S/C25H18F3NO2S/c1-16-10-12-18(13-11-16)21-22(32-20-8-3-2-4-9-20)24(31)29(23(21)30)15-17-6-5-7-19(14-17)25(26,27)28/h2-14H,15H2,1H3. The molecule has 32 heavy (non-hydrogen) atoms. The van der Waals surface area contributed by atoms with Gasteiger partial charge in [0.1, 0.15) is 0 Å². The van der Waals surface area contributed by atoms with Gasteiger partial charge in [0.25, 0.3) is 11.8 Å². The van der Waals surface area contributed by atoms with Gasteiger partial charge in [0, 0.05) is 4.90 Å². The van der Waals surface area contributed by atoms with Gasteiger partial charge >= 0.3 is 6.18 Å². The lowest BCUT2D eigenvalue weighted by molar-refractivity contribution is -0.137. The maximum Gasteiger partial charge on any atom is 0.416 e. The number of rotatable bonds is 5. The maximum absolute atomic E-state index is 13.3. The first-order valence-electron chi connectivity index (χ1n) is 9.80. The number of amides is 2. The second-order valence-electron chi connectivity index (χ2n) is 7.38. The van der Waals surface area contributed by atoms with E-state index < -0.39 is 23.6 Å². The molecule has 162 valence electrons. The van der Waals surface area contributed by atoms with E-state index >= 15 is 0 Å². The summed E-state index contributed by atoms with van der Waals surface area (Å²) in [6, 6.07) is 21.1. The molecule has 3 aromatic carbocycles. The normalized spacial score (nSPS) is 14.4. The highest BCUT2D eigenvalue weighted by Crippen LogP contribution is 2.40. The van der Waals surface area contributed by atoms with E-state index in [4.69, 9.17) is 0 Å². The fourth-order valence-electron chi connectivity index (χ4n) is 3.40. The van der Waals surface area contributed by atoms with Crippen molar-refractivity contribution in [1.82, 2.24) is 4.90 Å². The number of halogens is 3. The zero-order chi connectivity index (χ0) is 22.9. The molecule has 0 spiro atoms. The summed E-state index contributed by atoms with van der Waals surface area (Å²) < 4.78 is 39.3. The Morgan fingerprint density at radius 1 is 0.844 bits per heavy atom. The van der Waals surface area contributed by atoms with Crippen LogP contribution in [0.2, 0.25) is 0 Å². The van der Waals surface area contributed by atoms with Crippen LogP contribution in [0.5, 0.6) is 0 Å². The predicted molar refractivity (Wildman–Crippen MR) is 117 cm³/mol. The molecule has 3 nitrogen and oxygen atoms in total. The van der Waals surface area contributed by atoms with E-state index in [1.54, 1.807) is 12.1 Å². The minimum atomic E-state index is -4.51. The number of hydrogen-bond acceptors (Lipinski definition) is 3. The van der Waals surface area contributed by atoms with Crippen LogP contribution in [0.1, 0.15) is 22.3 Å². The zero-order valence-corrected chi connectivity index (χ0v) is 17.8. The second-order valence-corrected chi connectivity index (χ2v) is 8.46. The van der Waals surface area contributed by atoms with Crippen molar-refractivity contribution in [3.63, 3.8) is 0 Å². The third kappa shape index (κ3) is 4.48. The Morgan fingerprint density at radius 3 is 2.19 bits per heavy atom. The largest absolute Gasteiger partial charge is 0.416 e. The number of benzene rings is 3. The Bertz CT molecular complexity index is 1200. The first-order chi connectivity index (χ1) is 15.2. The molecular weight excluding hydrogens is 435 g/mol. The van der Waals surface area contributed by atoms with Crippen LogP contribution in [0, 0.1) is 6.92 Å². The number of hydrogen-bond donors (Lipinski definition) is 0. The molecule has 7 heteroatoms. The van der Waals surface area contributed by atoms with Crippen LogP contribution in [0.4, 0.5) is 13.2 Å². The third-order valence-electron chi connectivity index (χ3n) is 5.02. The van der Waals surface area contributed by atoms with E-state index in [1.807, 2.05) is 49.4 Å². The van der Waals surface area contributed by atoms with Gasteiger partial charge < -0.3 is 0 Å². The monoisotopic (exact) mass is 453 g/mol. The quantitative estimate of drug-likeness (QED) is 0.439. The van der Waals surface area contributed by atoms with Crippen LogP contribution in [-0.2, 0) is 22.3 Å². The van der Waals surface area contributed by atoms with E-state index in [0.29, 0.717) is 5.56 Å². The summed E-state index contributed by atoms with van der Waals surface area (Å²) >= 11 is 1.18. The Balaban J connectivity index is 1.71. The topological polar surface area (TPSA) is 37.4 Å². The van der Waals surface area contributed by atoms with Gasteiger partial charge in [-0.05, 0) is 42.3 Å². The van der Waals surface area contributed by atoms with Crippen molar-refractivity contribution in [2.45, 2.75) is 24.5 Å². The van der Waals surface area contributed by atoms with Gasteiger partial charge in [0.05, 0.1) is 22.6 Å². The van der Waals surface area contributed by atoms with Crippen molar-refractivity contribution in [1.29, 1.82) is 0 Å². The van der Waals surface area contributed by atoms with Crippen molar-refractivity contribution in [3.8, 4) is 0 Å².